The zero-order valence-corrected chi connectivity index (χ0v) is 11.7. The summed E-state index contributed by atoms with van der Waals surface area (Å²) in [6.07, 6.45) is 3.67. The first-order valence-electron chi connectivity index (χ1n) is 6.22. The molecule has 7 heteroatoms. The minimum Gasteiger partial charge on any atom is -0.302 e. The van der Waals surface area contributed by atoms with E-state index in [1.807, 2.05) is 19.1 Å². The van der Waals surface area contributed by atoms with Crippen LogP contribution in [0.4, 0.5) is 5.13 Å². The average molecular weight is 287 g/mol. The van der Waals surface area contributed by atoms with Crippen molar-refractivity contribution in [3.05, 3.63) is 36.2 Å². The van der Waals surface area contributed by atoms with E-state index in [0.717, 1.165) is 10.2 Å². The van der Waals surface area contributed by atoms with Gasteiger partial charge in [0.1, 0.15) is 0 Å². The van der Waals surface area contributed by atoms with Crippen LogP contribution in [0.25, 0.3) is 10.2 Å². The van der Waals surface area contributed by atoms with E-state index in [4.69, 9.17) is 0 Å². The molecule has 20 heavy (non-hydrogen) atoms. The lowest BCUT2D eigenvalue weighted by Gasteiger charge is -2.01. The average Bonchev–Trinajstić information content (AvgIpc) is 3.04. The Bertz CT molecular complexity index is 734. The molecular formula is C13H13N5OS. The molecule has 0 bridgehead atoms. The number of carbonyl (C=O) groups excluding carboxylic acids is 1. The molecule has 0 saturated carbocycles. The van der Waals surface area contributed by atoms with E-state index in [9.17, 15) is 4.79 Å². The lowest BCUT2D eigenvalue weighted by Crippen LogP contribution is -2.14. The van der Waals surface area contributed by atoms with Gasteiger partial charge >= 0.3 is 0 Å². The molecule has 1 N–H and O–H groups in total. The molecule has 0 radical (unpaired) electrons. The lowest BCUT2D eigenvalue weighted by atomic mass is 10.2. The van der Waals surface area contributed by atoms with E-state index < -0.39 is 0 Å². The third kappa shape index (κ3) is 2.83. The van der Waals surface area contributed by atoms with Crippen molar-refractivity contribution in [1.29, 1.82) is 0 Å². The highest BCUT2D eigenvalue weighted by molar-refractivity contribution is 7.22. The van der Waals surface area contributed by atoms with Crippen molar-refractivity contribution in [3.8, 4) is 0 Å². The first-order chi connectivity index (χ1) is 9.70. The number of fused-ring (bicyclic) bond motifs is 1. The van der Waals surface area contributed by atoms with Crippen molar-refractivity contribution in [1.82, 2.24) is 20.0 Å². The zero-order valence-electron chi connectivity index (χ0n) is 10.9. The topological polar surface area (TPSA) is 72.7 Å². The number of benzene rings is 1. The smallest absolute Gasteiger partial charge is 0.228 e. The molecule has 6 nitrogen and oxygen atoms in total. The summed E-state index contributed by atoms with van der Waals surface area (Å²) in [5.41, 5.74) is 2.09. The molecule has 0 fully saturated rings. The van der Waals surface area contributed by atoms with Gasteiger partial charge in [0.15, 0.2) is 5.13 Å². The van der Waals surface area contributed by atoms with Gasteiger partial charge in [0.25, 0.3) is 0 Å². The number of hydrogen-bond acceptors (Lipinski definition) is 5. The Labute approximate surface area is 119 Å². The maximum absolute atomic E-state index is 11.8. The number of anilines is 1. The van der Waals surface area contributed by atoms with Crippen LogP contribution in [0, 0.1) is 6.92 Å². The van der Waals surface area contributed by atoms with Crippen LogP contribution in [0.2, 0.25) is 0 Å². The van der Waals surface area contributed by atoms with Crippen molar-refractivity contribution in [2.45, 2.75) is 19.9 Å². The standard InChI is InChI=1S/C13H13N5OS/c1-9-2-3-10-11(8-9)20-13(15-10)16-12(19)4-6-18-7-5-14-17-18/h2-3,5,7-8H,4,6H2,1H3,(H,15,16,19). The highest BCUT2D eigenvalue weighted by Crippen LogP contribution is 2.26. The summed E-state index contributed by atoms with van der Waals surface area (Å²) in [5, 5.41) is 11.0. The molecule has 102 valence electrons. The Kier molecular flexibility index (Phi) is 3.42. The summed E-state index contributed by atoms with van der Waals surface area (Å²) in [6, 6.07) is 6.04. The van der Waals surface area contributed by atoms with Crippen molar-refractivity contribution in [3.63, 3.8) is 0 Å². The second kappa shape index (κ2) is 5.38. The molecule has 1 aromatic carbocycles. The first kappa shape index (κ1) is 12.7. The number of thiazole rings is 1. The number of nitrogens with zero attached hydrogens (tertiary/aromatic N) is 4. The largest absolute Gasteiger partial charge is 0.302 e. The fourth-order valence-corrected chi connectivity index (χ4v) is 2.82. The van der Waals surface area contributed by atoms with E-state index in [1.165, 1.54) is 16.9 Å². The molecule has 0 spiro atoms. The maximum Gasteiger partial charge on any atom is 0.228 e. The fraction of sp³-hybridized carbons (Fsp3) is 0.231. The van der Waals surface area contributed by atoms with E-state index in [-0.39, 0.29) is 5.91 Å². The van der Waals surface area contributed by atoms with E-state index in [1.54, 1.807) is 17.1 Å². The van der Waals surface area contributed by atoms with Gasteiger partial charge in [-0.25, -0.2) is 4.98 Å². The second-order valence-corrected chi connectivity index (χ2v) is 5.49. The Hall–Kier alpha value is -2.28. The summed E-state index contributed by atoms with van der Waals surface area (Å²) in [5.74, 6) is -0.0729. The van der Waals surface area contributed by atoms with Gasteiger partial charge in [-0.2, -0.15) is 0 Å². The summed E-state index contributed by atoms with van der Waals surface area (Å²) >= 11 is 1.49. The van der Waals surface area contributed by atoms with Gasteiger partial charge in [-0.3, -0.25) is 9.48 Å². The summed E-state index contributed by atoms with van der Waals surface area (Å²) < 4.78 is 2.71. The number of nitrogens with one attached hydrogen (secondary N) is 1. The van der Waals surface area contributed by atoms with Gasteiger partial charge in [0.2, 0.25) is 5.91 Å². The molecule has 0 saturated heterocycles. The fourth-order valence-electron chi connectivity index (χ4n) is 1.84. The van der Waals surface area contributed by atoms with Crippen LogP contribution in [-0.2, 0) is 11.3 Å². The van der Waals surface area contributed by atoms with E-state index in [2.05, 4.69) is 26.7 Å². The number of aromatic nitrogens is 4. The Morgan fingerprint density at radius 1 is 1.45 bits per heavy atom. The summed E-state index contributed by atoms with van der Waals surface area (Å²) in [7, 11) is 0. The Balaban J connectivity index is 1.65. The van der Waals surface area contributed by atoms with Gasteiger partial charge in [-0.05, 0) is 24.6 Å². The number of carbonyl (C=O) groups is 1. The van der Waals surface area contributed by atoms with Crippen LogP contribution < -0.4 is 5.32 Å². The normalized spacial score (nSPS) is 10.8. The van der Waals surface area contributed by atoms with Gasteiger partial charge < -0.3 is 5.32 Å². The lowest BCUT2D eigenvalue weighted by molar-refractivity contribution is -0.116. The summed E-state index contributed by atoms with van der Waals surface area (Å²) in [4.78, 5) is 16.2. The third-order valence-electron chi connectivity index (χ3n) is 2.83. The third-order valence-corrected chi connectivity index (χ3v) is 3.76. The maximum atomic E-state index is 11.8. The van der Waals surface area contributed by atoms with Gasteiger partial charge in [0.05, 0.1) is 23.0 Å². The number of amides is 1. The minimum atomic E-state index is -0.0729. The van der Waals surface area contributed by atoms with Crippen LogP contribution >= 0.6 is 11.3 Å². The van der Waals surface area contributed by atoms with Crippen LogP contribution in [0.5, 0.6) is 0 Å². The van der Waals surface area contributed by atoms with Gasteiger partial charge in [0, 0.05) is 12.6 Å². The highest BCUT2D eigenvalue weighted by atomic mass is 32.1. The predicted octanol–water partition coefficient (Wildman–Crippen LogP) is 2.23. The second-order valence-electron chi connectivity index (χ2n) is 4.45. The van der Waals surface area contributed by atoms with E-state index >= 15 is 0 Å². The van der Waals surface area contributed by atoms with Crippen LogP contribution in [0.3, 0.4) is 0 Å². The molecule has 2 heterocycles. The zero-order chi connectivity index (χ0) is 13.9. The van der Waals surface area contributed by atoms with Crippen molar-refractivity contribution < 1.29 is 4.79 Å². The van der Waals surface area contributed by atoms with Gasteiger partial charge in [-0.15, -0.1) is 5.10 Å². The highest BCUT2D eigenvalue weighted by Gasteiger charge is 2.08. The monoisotopic (exact) mass is 287 g/mol. The number of rotatable bonds is 4. The van der Waals surface area contributed by atoms with Gasteiger partial charge in [-0.1, -0.05) is 22.6 Å². The van der Waals surface area contributed by atoms with Crippen molar-refractivity contribution >= 4 is 32.6 Å². The number of aryl methyl sites for hydroxylation is 2. The molecule has 3 rings (SSSR count). The summed E-state index contributed by atoms with van der Waals surface area (Å²) in [6.45, 7) is 2.55. The molecule has 1 amide bonds. The predicted molar refractivity (Wildman–Crippen MR) is 77.6 cm³/mol. The molecule has 2 aromatic heterocycles. The van der Waals surface area contributed by atoms with E-state index in [0.29, 0.717) is 18.1 Å². The Morgan fingerprint density at radius 3 is 3.15 bits per heavy atom. The molecule has 3 aromatic rings. The van der Waals surface area contributed by atoms with Crippen LogP contribution in [0.1, 0.15) is 12.0 Å². The molecule has 0 unspecified atom stereocenters. The minimum absolute atomic E-state index is 0.0729. The SMILES string of the molecule is Cc1ccc2nc(NC(=O)CCn3ccnn3)sc2c1. The molecular weight excluding hydrogens is 274 g/mol. The van der Waals surface area contributed by atoms with Crippen molar-refractivity contribution in [2.75, 3.05) is 5.32 Å². The van der Waals surface area contributed by atoms with Crippen molar-refractivity contribution in [2.24, 2.45) is 0 Å². The van der Waals surface area contributed by atoms with Crippen LogP contribution in [0.15, 0.2) is 30.6 Å². The first-order valence-corrected chi connectivity index (χ1v) is 7.03. The molecule has 0 atom stereocenters. The molecule has 0 aliphatic carbocycles. The Morgan fingerprint density at radius 2 is 2.35 bits per heavy atom. The van der Waals surface area contributed by atoms with Crippen LogP contribution in [-0.4, -0.2) is 25.9 Å². The number of hydrogen-bond donors (Lipinski definition) is 1. The quantitative estimate of drug-likeness (QED) is 0.798. The molecule has 0 aliphatic heterocycles. The molecule has 0 aliphatic rings.